The van der Waals surface area contributed by atoms with Crippen molar-refractivity contribution in [2.45, 2.75) is 25.7 Å². The maximum Gasteiger partial charge on any atom is 0.290 e. The predicted octanol–water partition coefficient (Wildman–Crippen LogP) is 1.72. The molecule has 3 aliphatic rings. The van der Waals surface area contributed by atoms with Crippen LogP contribution in [0.15, 0.2) is 28.8 Å². The quantitative estimate of drug-likeness (QED) is 0.683. The molecule has 0 bridgehead atoms. The number of hydrogen-bond acceptors (Lipinski definition) is 6. The number of benzene rings is 1. The summed E-state index contributed by atoms with van der Waals surface area (Å²) in [4.78, 5) is 40.6. The number of rotatable bonds is 5. The van der Waals surface area contributed by atoms with E-state index in [1.807, 2.05) is 29.2 Å². The lowest BCUT2D eigenvalue weighted by Gasteiger charge is -2.34. The molecule has 2 saturated heterocycles. The summed E-state index contributed by atoms with van der Waals surface area (Å²) in [5.74, 6) is 1.000. The molecule has 3 heterocycles. The van der Waals surface area contributed by atoms with Crippen LogP contribution in [-0.2, 0) is 20.8 Å². The number of para-hydroxylation sites is 1. The smallest absolute Gasteiger partial charge is 0.290 e. The second-order valence-corrected chi connectivity index (χ2v) is 9.83. The van der Waals surface area contributed by atoms with E-state index in [1.54, 1.807) is 0 Å². The Morgan fingerprint density at radius 1 is 1.21 bits per heavy atom. The first-order chi connectivity index (χ1) is 15.9. The van der Waals surface area contributed by atoms with E-state index in [0.717, 1.165) is 44.4 Å². The summed E-state index contributed by atoms with van der Waals surface area (Å²) in [5, 5.41) is 11.9. The van der Waals surface area contributed by atoms with Crippen LogP contribution in [0.5, 0.6) is 0 Å². The van der Waals surface area contributed by atoms with Gasteiger partial charge in [0.1, 0.15) is 5.69 Å². The Labute approximate surface area is 193 Å². The zero-order chi connectivity index (χ0) is 23.6. The van der Waals surface area contributed by atoms with E-state index in [1.165, 1.54) is 6.42 Å². The zero-order valence-corrected chi connectivity index (χ0v) is 19.3. The highest BCUT2D eigenvalue weighted by molar-refractivity contribution is 5.86. The SMILES string of the molecule is CN(C)C[C@]12CN(C(=O)Cc3noc4ccccc34)C[C@H]1CN(C(=O)C1CCC1)C2.O=CO. The maximum absolute atomic E-state index is 13.1. The van der Waals surface area contributed by atoms with Gasteiger partial charge in [-0.25, -0.2) is 0 Å². The summed E-state index contributed by atoms with van der Waals surface area (Å²) in [5.41, 5.74) is 1.38. The highest BCUT2D eigenvalue weighted by atomic mass is 16.5. The van der Waals surface area contributed by atoms with Gasteiger partial charge >= 0.3 is 0 Å². The number of carboxylic acid groups (broad SMARTS) is 1. The summed E-state index contributed by atoms with van der Waals surface area (Å²) < 4.78 is 5.37. The van der Waals surface area contributed by atoms with Gasteiger partial charge in [0, 0.05) is 55.4 Å². The lowest BCUT2D eigenvalue weighted by Crippen LogP contribution is -2.45. The van der Waals surface area contributed by atoms with Crippen LogP contribution in [0.3, 0.4) is 0 Å². The third kappa shape index (κ3) is 4.59. The molecule has 9 heteroatoms. The van der Waals surface area contributed by atoms with Crippen LogP contribution in [0.1, 0.15) is 25.0 Å². The molecule has 5 rings (SSSR count). The molecule has 2 aliphatic heterocycles. The van der Waals surface area contributed by atoms with Crippen molar-refractivity contribution in [3.63, 3.8) is 0 Å². The maximum atomic E-state index is 13.1. The minimum atomic E-state index is -0.250. The molecule has 3 fully saturated rings. The molecule has 0 unspecified atom stereocenters. The number of hydrogen-bond donors (Lipinski definition) is 1. The van der Waals surface area contributed by atoms with E-state index in [2.05, 4.69) is 29.1 Å². The number of carbonyl (C=O) groups is 3. The fraction of sp³-hybridized carbons (Fsp3) is 0.583. The van der Waals surface area contributed by atoms with E-state index >= 15 is 0 Å². The van der Waals surface area contributed by atoms with Crippen molar-refractivity contribution in [3.8, 4) is 0 Å². The fourth-order valence-corrected chi connectivity index (χ4v) is 5.63. The Morgan fingerprint density at radius 2 is 1.88 bits per heavy atom. The number of likely N-dealkylation sites (tertiary alicyclic amines) is 2. The third-order valence-corrected chi connectivity index (χ3v) is 7.28. The summed E-state index contributed by atoms with van der Waals surface area (Å²) >= 11 is 0. The molecule has 1 N–H and O–H groups in total. The van der Waals surface area contributed by atoms with Crippen molar-refractivity contribution in [3.05, 3.63) is 30.0 Å². The van der Waals surface area contributed by atoms with Crippen molar-refractivity contribution in [2.75, 3.05) is 46.8 Å². The van der Waals surface area contributed by atoms with E-state index in [0.29, 0.717) is 29.6 Å². The lowest BCUT2D eigenvalue weighted by molar-refractivity contribution is -0.138. The van der Waals surface area contributed by atoms with Gasteiger partial charge in [-0.05, 0) is 39.1 Å². The minimum absolute atomic E-state index is 0.0372. The molecule has 1 aromatic heterocycles. The van der Waals surface area contributed by atoms with Gasteiger partial charge in [0.05, 0.1) is 6.42 Å². The largest absolute Gasteiger partial charge is 0.483 e. The second-order valence-electron chi connectivity index (χ2n) is 9.83. The highest BCUT2D eigenvalue weighted by Crippen LogP contribution is 2.44. The van der Waals surface area contributed by atoms with Gasteiger partial charge in [0.25, 0.3) is 6.47 Å². The number of amides is 2. The summed E-state index contributed by atoms with van der Waals surface area (Å²) in [6.07, 6.45) is 3.51. The molecule has 178 valence electrons. The number of fused-ring (bicyclic) bond motifs is 2. The first kappa shape index (κ1) is 23.2. The third-order valence-electron chi connectivity index (χ3n) is 7.28. The van der Waals surface area contributed by atoms with Gasteiger partial charge in [-0.3, -0.25) is 14.4 Å². The monoisotopic (exact) mass is 456 g/mol. The van der Waals surface area contributed by atoms with Crippen LogP contribution in [0.4, 0.5) is 0 Å². The molecule has 0 radical (unpaired) electrons. The van der Waals surface area contributed by atoms with Crippen molar-refractivity contribution in [2.24, 2.45) is 17.3 Å². The average molecular weight is 457 g/mol. The van der Waals surface area contributed by atoms with Crippen molar-refractivity contribution in [1.82, 2.24) is 19.9 Å². The van der Waals surface area contributed by atoms with Crippen LogP contribution in [0.25, 0.3) is 11.0 Å². The Balaban J connectivity index is 0.000000821. The molecular weight excluding hydrogens is 424 g/mol. The van der Waals surface area contributed by atoms with Gasteiger partial charge < -0.3 is 24.3 Å². The summed E-state index contributed by atoms with van der Waals surface area (Å²) in [6, 6.07) is 7.66. The van der Waals surface area contributed by atoms with Crippen molar-refractivity contribution < 1.29 is 24.0 Å². The molecule has 1 aliphatic carbocycles. The Bertz CT molecular complexity index is 1020. The highest BCUT2D eigenvalue weighted by Gasteiger charge is 2.55. The number of carbonyl (C=O) groups excluding carboxylic acids is 2. The molecular formula is C24H32N4O5. The van der Waals surface area contributed by atoms with Gasteiger partial charge in [-0.1, -0.05) is 23.7 Å². The van der Waals surface area contributed by atoms with Crippen LogP contribution in [0.2, 0.25) is 0 Å². The Morgan fingerprint density at radius 3 is 2.55 bits per heavy atom. The minimum Gasteiger partial charge on any atom is -0.483 e. The fourth-order valence-electron chi connectivity index (χ4n) is 5.63. The molecule has 2 aromatic rings. The molecule has 1 saturated carbocycles. The predicted molar refractivity (Wildman–Crippen MR) is 121 cm³/mol. The lowest BCUT2D eigenvalue weighted by atomic mass is 9.80. The number of aromatic nitrogens is 1. The summed E-state index contributed by atoms with van der Waals surface area (Å²) in [7, 11) is 4.16. The molecule has 2 atom stereocenters. The number of nitrogens with zero attached hydrogens (tertiary/aromatic N) is 4. The second kappa shape index (κ2) is 9.51. The zero-order valence-electron chi connectivity index (χ0n) is 19.3. The normalized spacial score (nSPS) is 24.4. The standard InChI is InChI=1S/C23H30N4O3.CH2O2/c1-25(2)13-23-14-26(11-17(23)12-27(15-23)22(29)16-6-5-7-16)21(28)10-19-18-8-3-4-9-20(18)30-24-19;2-1-3/h3-4,8-9,16-17H,5-7,10-15H2,1-2H3;1H,(H,2,3)/t17-,23+;/m0./s1. The van der Waals surface area contributed by atoms with Crippen LogP contribution in [-0.4, -0.2) is 90.1 Å². The van der Waals surface area contributed by atoms with Crippen molar-refractivity contribution >= 4 is 29.3 Å². The van der Waals surface area contributed by atoms with Gasteiger partial charge in [0.2, 0.25) is 11.8 Å². The molecule has 9 nitrogen and oxygen atoms in total. The van der Waals surface area contributed by atoms with Gasteiger partial charge in [-0.15, -0.1) is 0 Å². The van der Waals surface area contributed by atoms with Crippen LogP contribution in [0, 0.1) is 17.3 Å². The van der Waals surface area contributed by atoms with Gasteiger partial charge in [-0.2, -0.15) is 0 Å². The first-order valence-electron chi connectivity index (χ1n) is 11.5. The average Bonchev–Trinajstić information content (AvgIpc) is 3.37. The molecule has 1 aromatic carbocycles. The summed E-state index contributed by atoms with van der Waals surface area (Å²) in [6.45, 7) is 3.61. The van der Waals surface area contributed by atoms with Crippen LogP contribution < -0.4 is 0 Å². The van der Waals surface area contributed by atoms with E-state index in [4.69, 9.17) is 14.4 Å². The van der Waals surface area contributed by atoms with E-state index in [9.17, 15) is 9.59 Å². The van der Waals surface area contributed by atoms with Crippen LogP contribution >= 0.6 is 0 Å². The Kier molecular flexibility index (Phi) is 6.69. The first-order valence-corrected chi connectivity index (χ1v) is 11.5. The van der Waals surface area contributed by atoms with E-state index in [-0.39, 0.29) is 30.1 Å². The Hall–Kier alpha value is -2.94. The van der Waals surface area contributed by atoms with Gasteiger partial charge in [0.15, 0.2) is 5.58 Å². The topological polar surface area (TPSA) is 107 Å². The van der Waals surface area contributed by atoms with E-state index < -0.39 is 0 Å². The van der Waals surface area contributed by atoms with Crippen molar-refractivity contribution in [1.29, 1.82) is 0 Å². The molecule has 0 spiro atoms. The molecule has 33 heavy (non-hydrogen) atoms. The molecule has 2 amide bonds.